The summed E-state index contributed by atoms with van der Waals surface area (Å²) in [4.78, 5) is 18.1. The van der Waals surface area contributed by atoms with E-state index in [1.165, 1.54) is 29.0 Å². The van der Waals surface area contributed by atoms with Crippen LogP contribution in [0.3, 0.4) is 0 Å². The van der Waals surface area contributed by atoms with E-state index in [2.05, 4.69) is 27.0 Å². The summed E-state index contributed by atoms with van der Waals surface area (Å²) < 4.78 is 30.4. The van der Waals surface area contributed by atoms with Gasteiger partial charge in [0.1, 0.15) is 16.5 Å². The third-order valence-corrected chi connectivity index (χ3v) is 8.48. The van der Waals surface area contributed by atoms with Crippen LogP contribution < -0.4 is 5.69 Å². The second kappa shape index (κ2) is 8.70. The predicted octanol–water partition coefficient (Wildman–Crippen LogP) is 5.01. The molecule has 0 aliphatic carbocycles. The lowest BCUT2D eigenvalue weighted by Crippen LogP contribution is -2.29. The third-order valence-electron chi connectivity index (χ3n) is 6.24. The molecule has 8 nitrogen and oxygen atoms in total. The SMILES string of the molecule is CC(C)(C#N)c1ccc(-n2c(=O)n(S(=O)(=O)c3ccccc3C#N)c3cnc4ccc(Br)cc4c32)cc1. The Labute approximate surface area is 220 Å². The van der Waals surface area contributed by atoms with Crippen LogP contribution >= 0.6 is 15.9 Å². The van der Waals surface area contributed by atoms with Gasteiger partial charge in [0.15, 0.2) is 0 Å². The molecular formula is C27H18BrN5O3S. The van der Waals surface area contributed by atoms with E-state index in [9.17, 15) is 23.7 Å². The Morgan fingerprint density at radius 3 is 2.38 bits per heavy atom. The minimum atomic E-state index is -4.47. The number of fused-ring (bicyclic) bond motifs is 3. The van der Waals surface area contributed by atoms with E-state index in [0.29, 0.717) is 26.1 Å². The lowest BCUT2D eigenvalue weighted by molar-refractivity contribution is 0.586. The normalized spacial score (nSPS) is 11.9. The summed E-state index contributed by atoms with van der Waals surface area (Å²) in [5.41, 5.74) is 0.510. The number of pyridine rings is 1. The van der Waals surface area contributed by atoms with Crippen molar-refractivity contribution >= 4 is 47.9 Å². The summed E-state index contributed by atoms with van der Waals surface area (Å²) in [6.45, 7) is 3.58. The standard InChI is InChI=1S/C27H18BrN5O3S/c1-27(2,16-30)18-7-10-20(11-8-18)32-25-21-13-19(28)9-12-22(21)31-15-23(25)33(26(32)34)37(35,36)24-6-4-3-5-17(24)14-29/h3-13,15H,1-2H3. The first-order valence-electron chi connectivity index (χ1n) is 11.1. The van der Waals surface area contributed by atoms with Crippen molar-refractivity contribution in [1.82, 2.24) is 13.5 Å². The van der Waals surface area contributed by atoms with Crippen molar-refractivity contribution in [3.8, 4) is 17.8 Å². The molecule has 0 amide bonds. The molecule has 10 heteroatoms. The van der Waals surface area contributed by atoms with Crippen molar-refractivity contribution in [2.24, 2.45) is 0 Å². The van der Waals surface area contributed by atoms with Gasteiger partial charge in [-0.2, -0.15) is 14.5 Å². The topological polar surface area (TPSA) is 122 Å². The highest BCUT2D eigenvalue weighted by atomic mass is 79.9. The number of hydrogen-bond acceptors (Lipinski definition) is 6. The van der Waals surface area contributed by atoms with Crippen LogP contribution in [0, 0.1) is 22.7 Å². The van der Waals surface area contributed by atoms with Gasteiger partial charge in [-0.15, -0.1) is 0 Å². The molecule has 5 rings (SSSR count). The predicted molar refractivity (Wildman–Crippen MR) is 143 cm³/mol. The fourth-order valence-corrected chi connectivity index (χ4v) is 6.14. The average molecular weight is 572 g/mol. The van der Waals surface area contributed by atoms with Gasteiger partial charge in [-0.3, -0.25) is 9.55 Å². The lowest BCUT2D eigenvalue weighted by Gasteiger charge is -2.16. The number of imidazole rings is 1. The Kier molecular flexibility index (Phi) is 5.75. The number of benzene rings is 3. The van der Waals surface area contributed by atoms with E-state index < -0.39 is 21.1 Å². The molecule has 0 aliphatic rings. The van der Waals surface area contributed by atoms with E-state index in [1.54, 1.807) is 62.4 Å². The monoisotopic (exact) mass is 571 g/mol. The molecule has 3 aromatic carbocycles. The minimum absolute atomic E-state index is 0.0739. The molecule has 5 aromatic rings. The minimum Gasteiger partial charge on any atom is -0.259 e. The average Bonchev–Trinajstić information content (AvgIpc) is 3.21. The van der Waals surface area contributed by atoms with Crippen molar-refractivity contribution < 1.29 is 8.42 Å². The van der Waals surface area contributed by atoms with Crippen molar-refractivity contribution in [2.45, 2.75) is 24.2 Å². The van der Waals surface area contributed by atoms with Gasteiger partial charge in [-0.05, 0) is 61.9 Å². The van der Waals surface area contributed by atoms with Crippen LogP contribution in [0.25, 0.3) is 27.6 Å². The van der Waals surface area contributed by atoms with Crippen molar-refractivity contribution in [3.05, 3.63) is 99.0 Å². The van der Waals surface area contributed by atoms with Crippen LogP contribution in [0.2, 0.25) is 0 Å². The third kappa shape index (κ3) is 3.82. The zero-order chi connectivity index (χ0) is 26.5. The largest absolute Gasteiger partial charge is 0.348 e. The van der Waals surface area contributed by atoms with Crippen LogP contribution in [0.5, 0.6) is 0 Å². The molecule has 0 N–H and O–H groups in total. The van der Waals surface area contributed by atoms with E-state index in [0.717, 1.165) is 10.0 Å². The second-order valence-corrected chi connectivity index (χ2v) is 11.6. The Morgan fingerprint density at radius 2 is 1.70 bits per heavy atom. The Balaban J connectivity index is 1.91. The summed E-state index contributed by atoms with van der Waals surface area (Å²) in [5.74, 6) is 0. The molecule has 2 heterocycles. The summed E-state index contributed by atoms with van der Waals surface area (Å²) in [6.07, 6.45) is 1.35. The molecule has 0 radical (unpaired) electrons. The van der Waals surface area contributed by atoms with Crippen molar-refractivity contribution in [3.63, 3.8) is 0 Å². The molecule has 0 saturated heterocycles. The molecule has 0 fully saturated rings. The molecule has 182 valence electrons. The van der Waals surface area contributed by atoms with Gasteiger partial charge in [0.2, 0.25) is 0 Å². The molecule has 0 unspecified atom stereocenters. The van der Waals surface area contributed by atoms with E-state index in [4.69, 9.17) is 0 Å². The van der Waals surface area contributed by atoms with Crippen LogP contribution in [0.1, 0.15) is 25.0 Å². The number of halogens is 1. The molecule has 0 atom stereocenters. The highest BCUT2D eigenvalue weighted by Gasteiger charge is 2.29. The fraction of sp³-hybridized carbons (Fsp3) is 0.111. The van der Waals surface area contributed by atoms with Gasteiger partial charge in [0.25, 0.3) is 10.0 Å². The van der Waals surface area contributed by atoms with E-state index in [-0.39, 0.29) is 16.0 Å². The quantitative estimate of drug-likeness (QED) is 0.298. The number of aromatic nitrogens is 3. The first-order chi connectivity index (χ1) is 17.6. The molecule has 0 spiro atoms. The van der Waals surface area contributed by atoms with Crippen molar-refractivity contribution in [1.29, 1.82) is 10.5 Å². The van der Waals surface area contributed by atoms with E-state index in [1.807, 2.05) is 6.07 Å². The number of rotatable bonds is 4. The Bertz CT molecular complexity index is 1980. The zero-order valence-electron chi connectivity index (χ0n) is 19.7. The van der Waals surface area contributed by atoms with E-state index >= 15 is 0 Å². The highest BCUT2D eigenvalue weighted by molar-refractivity contribution is 9.10. The number of nitrogens with zero attached hydrogens (tertiary/aromatic N) is 5. The summed E-state index contributed by atoms with van der Waals surface area (Å²) in [5, 5.41) is 19.6. The van der Waals surface area contributed by atoms with Gasteiger partial charge in [-0.25, -0.2) is 13.2 Å². The molecule has 37 heavy (non-hydrogen) atoms. The highest BCUT2D eigenvalue weighted by Crippen LogP contribution is 2.31. The first-order valence-corrected chi connectivity index (χ1v) is 13.3. The van der Waals surface area contributed by atoms with Crippen LogP contribution in [-0.4, -0.2) is 21.9 Å². The van der Waals surface area contributed by atoms with Gasteiger partial charge in [-0.1, -0.05) is 40.2 Å². The number of nitriles is 2. The lowest BCUT2D eigenvalue weighted by atomic mass is 9.86. The summed E-state index contributed by atoms with van der Waals surface area (Å²) >= 11 is 3.45. The summed E-state index contributed by atoms with van der Waals surface area (Å²) in [7, 11) is -4.47. The van der Waals surface area contributed by atoms with Gasteiger partial charge >= 0.3 is 5.69 Å². The molecule has 2 aromatic heterocycles. The maximum atomic E-state index is 13.9. The second-order valence-electron chi connectivity index (χ2n) is 8.93. The fourth-order valence-electron chi connectivity index (χ4n) is 4.26. The maximum absolute atomic E-state index is 13.9. The smallest absolute Gasteiger partial charge is 0.259 e. The van der Waals surface area contributed by atoms with Crippen LogP contribution in [-0.2, 0) is 15.4 Å². The molecular weight excluding hydrogens is 554 g/mol. The van der Waals surface area contributed by atoms with Crippen molar-refractivity contribution in [2.75, 3.05) is 0 Å². The molecule has 0 bridgehead atoms. The van der Waals surface area contributed by atoms with Crippen LogP contribution in [0.15, 0.2) is 87.1 Å². The Morgan fingerprint density at radius 1 is 1.00 bits per heavy atom. The first kappa shape index (κ1) is 24.4. The summed E-state index contributed by atoms with van der Waals surface area (Å²) in [6, 6.07) is 22.1. The van der Waals surface area contributed by atoms with Crippen LogP contribution in [0.4, 0.5) is 0 Å². The van der Waals surface area contributed by atoms with Gasteiger partial charge in [0.05, 0.1) is 40.0 Å². The van der Waals surface area contributed by atoms with Gasteiger partial charge < -0.3 is 0 Å². The molecule has 0 saturated carbocycles. The zero-order valence-corrected chi connectivity index (χ0v) is 22.1. The molecule has 0 aliphatic heterocycles. The number of hydrogen-bond donors (Lipinski definition) is 0. The van der Waals surface area contributed by atoms with Gasteiger partial charge in [0, 0.05) is 9.86 Å². The maximum Gasteiger partial charge on any atom is 0.348 e. The Hall–Kier alpha value is -4.25.